The van der Waals surface area contributed by atoms with Crippen LogP contribution in [0.4, 0.5) is 0 Å². The second-order valence-corrected chi connectivity index (χ2v) is 7.49. The van der Waals surface area contributed by atoms with Gasteiger partial charge >= 0.3 is 0 Å². The van der Waals surface area contributed by atoms with Crippen molar-refractivity contribution in [3.8, 4) is 0 Å². The van der Waals surface area contributed by atoms with Crippen LogP contribution in [0.15, 0.2) is 21.6 Å². The largest absolute Gasteiger partial charge is 0.447 e. The third kappa shape index (κ3) is 4.54. The van der Waals surface area contributed by atoms with Gasteiger partial charge in [0.2, 0.25) is 5.09 Å². The van der Waals surface area contributed by atoms with Gasteiger partial charge in [-0.25, -0.2) is 13.1 Å². The van der Waals surface area contributed by atoms with Gasteiger partial charge in [-0.2, -0.15) is 0 Å². The molecule has 1 aliphatic carbocycles. The minimum absolute atomic E-state index is 0.0880. The Morgan fingerprint density at radius 2 is 1.90 bits per heavy atom. The minimum atomic E-state index is -3.53. The molecule has 2 rings (SSSR count). The molecular formula is C14H24N2O4S. The van der Waals surface area contributed by atoms with Crippen molar-refractivity contribution in [3.63, 3.8) is 0 Å². The molecule has 1 fully saturated rings. The van der Waals surface area contributed by atoms with Gasteiger partial charge in [0.05, 0.1) is 12.1 Å². The predicted octanol–water partition coefficient (Wildman–Crippen LogP) is 1.36. The van der Waals surface area contributed by atoms with Crippen LogP contribution in [0.5, 0.6) is 0 Å². The van der Waals surface area contributed by atoms with Crippen molar-refractivity contribution in [2.24, 2.45) is 0 Å². The Balaban J connectivity index is 1.86. The lowest BCUT2D eigenvalue weighted by atomic mass is 9.94. The summed E-state index contributed by atoms with van der Waals surface area (Å²) in [6.45, 7) is 0.906. The summed E-state index contributed by atoms with van der Waals surface area (Å²) < 4.78 is 30.6. The van der Waals surface area contributed by atoms with Crippen LogP contribution < -0.4 is 10.0 Å². The first-order valence-corrected chi connectivity index (χ1v) is 8.89. The van der Waals surface area contributed by atoms with E-state index in [1.54, 1.807) is 6.07 Å². The van der Waals surface area contributed by atoms with Gasteiger partial charge in [-0.05, 0) is 32.0 Å². The molecule has 120 valence electrons. The topological polar surface area (TPSA) is 91.6 Å². The summed E-state index contributed by atoms with van der Waals surface area (Å²) >= 11 is 0. The predicted molar refractivity (Wildman–Crippen MR) is 79.3 cm³/mol. The molecule has 21 heavy (non-hydrogen) atoms. The van der Waals surface area contributed by atoms with Crippen molar-refractivity contribution in [1.82, 2.24) is 10.0 Å². The Labute approximate surface area is 126 Å². The lowest BCUT2D eigenvalue weighted by Gasteiger charge is -2.26. The Kier molecular flexibility index (Phi) is 5.43. The molecule has 1 aromatic rings. The maximum atomic E-state index is 11.6. The Morgan fingerprint density at radius 3 is 2.52 bits per heavy atom. The quantitative estimate of drug-likeness (QED) is 0.689. The number of hydrogen-bond donors (Lipinski definition) is 3. The maximum Gasteiger partial charge on any atom is 0.273 e. The van der Waals surface area contributed by atoms with Crippen molar-refractivity contribution < 1.29 is 17.9 Å². The van der Waals surface area contributed by atoms with E-state index >= 15 is 0 Å². The number of nitrogens with one attached hydrogen (secondary N) is 2. The molecule has 0 bridgehead atoms. The summed E-state index contributed by atoms with van der Waals surface area (Å²) in [6.07, 6.45) is 6.12. The van der Waals surface area contributed by atoms with Crippen molar-refractivity contribution in [2.45, 2.75) is 55.8 Å². The zero-order valence-electron chi connectivity index (χ0n) is 12.4. The van der Waals surface area contributed by atoms with Gasteiger partial charge < -0.3 is 14.8 Å². The van der Waals surface area contributed by atoms with Crippen LogP contribution in [0.25, 0.3) is 0 Å². The Morgan fingerprint density at radius 1 is 1.24 bits per heavy atom. The monoisotopic (exact) mass is 316 g/mol. The summed E-state index contributed by atoms with van der Waals surface area (Å²) in [5, 5.41) is 13.6. The van der Waals surface area contributed by atoms with Crippen LogP contribution in [-0.2, 0) is 16.6 Å². The molecule has 0 atom stereocenters. The fourth-order valence-corrected chi connectivity index (χ4v) is 3.35. The highest BCUT2D eigenvalue weighted by Crippen LogP contribution is 2.26. The molecule has 1 saturated carbocycles. The first-order chi connectivity index (χ1) is 9.95. The molecule has 7 heteroatoms. The van der Waals surface area contributed by atoms with E-state index in [0.717, 1.165) is 25.7 Å². The third-order valence-electron chi connectivity index (χ3n) is 3.96. The fourth-order valence-electron chi connectivity index (χ4n) is 2.68. The van der Waals surface area contributed by atoms with E-state index in [9.17, 15) is 13.5 Å². The molecule has 0 spiro atoms. The lowest BCUT2D eigenvalue weighted by molar-refractivity contribution is 0.0246. The van der Waals surface area contributed by atoms with Crippen LogP contribution in [0.1, 0.15) is 44.3 Å². The summed E-state index contributed by atoms with van der Waals surface area (Å²) in [6, 6.07) is 3.07. The molecule has 1 heterocycles. The second kappa shape index (κ2) is 6.91. The summed E-state index contributed by atoms with van der Waals surface area (Å²) in [4.78, 5) is 0. The van der Waals surface area contributed by atoms with Gasteiger partial charge in [-0.15, -0.1) is 0 Å². The Hall–Kier alpha value is -0.890. The SMILES string of the molecule is CNS(=O)(=O)c1ccc(CNCC2(O)CCCCCC2)o1. The molecule has 0 saturated heterocycles. The van der Waals surface area contributed by atoms with E-state index in [1.807, 2.05) is 0 Å². The van der Waals surface area contributed by atoms with Gasteiger partial charge in [0, 0.05) is 6.54 Å². The summed E-state index contributed by atoms with van der Waals surface area (Å²) in [5.41, 5.74) is -0.650. The number of rotatable bonds is 6. The number of aliphatic hydroxyl groups is 1. The number of hydrogen-bond acceptors (Lipinski definition) is 5. The van der Waals surface area contributed by atoms with Crippen molar-refractivity contribution in [2.75, 3.05) is 13.6 Å². The molecule has 0 amide bonds. The van der Waals surface area contributed by atoms with Crippen LogP contribution >= 0.6 is 0 Å². The summed E-state index contributed by atoms with van der Waals surface area (Å²) in [7, 11) is -2.19. The molecular weight excluding hydrogens is 292 g/mol. The molecule has 0 unspecified atom stereocenters. The van der Waals surface area contributed by atoms with Crippen LogP contribution in [0.3, 0.4) is 0 Å². The van der Waals surface area contributed by atoms with Gasteiger partial charge in [0.15, 0.2) is 0 Å². The maximum absolute atomic E-state index is 11.6. The van der Waals surface area contributed by atoms with Crippen LogP contribution in [0.2, 0.25) is 0 Å². The zero-order chi connectivity index (χ0) is 15.3. The van der Waals surface area contributed by atoms with E-state index in [-0.39, 0.29) is 5.09 Å². The van der Waals surface area contributed by atoms with Crippen molar-refractivity contribution >= 4 is 10.0 Å². The zero-order valence-corrected chi connectivity index (χ0v) is 13.2. The molecule has 3 N–H and O–H groups in total. The standard InChI is InChI=1S/C14H24N2O4S/c1-15-21(18,19)13-7-6-12(20-13)10-16-11-14(17)8-4-2-3-5-9-14/h6-7,15-17H,2-5,8-11H2,1H3. The first kappa shape index (κ1) is 16.5. The average molecular weight is 316 g/mol. The lowest BCUT2D eigenvalue weighted by Crippen LogP contribution is -2.39. The molecule has 0 aromatic carbocycles. The second-order valence-electron chi connectivity index (χ2n) is 5.67. The van der Waals surface area contributed by atoms with Crippen molar-refractivity contribution in [3.05, 3.63) is 17.9 Å². The van der Waals surface area contributed by atoms with Gasteiger partial charge in [0.25, 0.3) is 10.0 Å². The van der Waals surface area contributed by atoms with Crippen molar-refractivity contribution in [1.29, 1.82) is 0 Å². The number of furan rings is 1. The first-order valence-electron chi connectivity index (χ1n) is 7.41. The molecule has 1 aliphatic rings. The molecule has 6 nitrogen and oxygen atoms in total. The summed E-state index contributed by atoms with van der Waals surface area (Å²) in [5.74, 6) is 0.543. The normalized spacial score (nSPS) is 19.3. The smallest absolute Gasteiger partial charge is 0.273 e. The highest BCUT2D eigenvalue weighted by Gasteiger charge is 2.27. The van der Waals surface area contributed by atoms with E-state index in [4.69, 9.17) is 4.42 Å². The van der Waals surface area contributed by atoms with Gasteiger partial charge in [0.1, 0.15) is 5.76 Å². The van der Waals surface area contributed by atoms with Crippen LogP contribution in [0, 0.1) is 0 Å². The van der Waals surface area contributed by atoms with E-state index < -0.39 is 15.6 Å². The van der Waals surface area contributed by atoms with Crippen LogP contribution in [-0.4, -0.2) is 32.7 Å². The van der Waals surface area contributed by atoms with E-state index in [0.29, 0.717) is 18.8 Å². The highest BCUT2D eigenvalue weighted by atomic mass is 32.2. The third-order valence-corrected chi connectivity index (χ3v) is 5.24. The molecule has 0 aliphatic heterocycles. The fraction of sp³-hybridized carbons (Fsp3) is 0.714. The van der Waals surface area contributed by atoms with E-state index in [1.165, 1.54) is 26.0 Å². The van der Waals surface area contributed by atoms with E-state index in [2.05, 4.69) is 10.0 Å². The molecule has 1 aromatic heterocycles. The van der Waals surface area contributed by atoms with Gasteiger partial charge in [-0.3, -0.25) is 0 Å². The highest BCUT2D eigenvalue weighted by molar-refractivity contribution is 7.89. The Bertz CT molecular complexity index is 545. The minimum Gasteiger partial charge on any atom is -0.447 e. The van der Waals surface area contributed by atoms with Gasteiger partial charge in [-0.1, -0.05) is 25.7 Å². The number of sulfonamides is 1. The molecule has 0 radical (unpaired) electrons. The average Bonchev–Trinajstić information content (AvgIpc) is 2.82.